The van der Waals surface area contributed by atoms with Crippen LogP contribution in [0.3, 0.4) is 0 Å². The highest BCUT2D eigenvalue weighted by Crippen LogP contribution is 2.30. The number of aryl methyl sites for hydroxylation is 1. The second kappa shape index (κ2) is 5.87. The van der Waals surface area contributed by atoms with Gasteiger partial charge in [0.1, 0.15) is 19.8 Å². The number of ether oxygens (including phenoxy) is 3. The van der Waals surface area contributed by atoms with E-state index in [-0.39, 0.29) is 12.6 Å². The van der Waals surface area contributed by atoms with Crippen LogP contribution in [0.2, 0.25) is 0 Å². The van der Waals surface area contributed by atoms with E-state index in [4.69, 9.17) is 14.2 Å². The predicted octanol–water partition coefficient (Wildman–Crippen LogP) is 3.12. The first-order chi connectivity index (χ1) is 10.2. The van der Waals surface area contributed by atoms with E-state index in [9.17, 15) is 4.79 Å². The minimum atomic E-state index is -0.368. The lowest BCUT2D eigenvalue weighted by Gasteiger charge is -2.18. The maximum atomic E-state index is 12.1. The van der Waals surface area contributed by atoms with Gasteiger partial charge in [0, 0.05) is 0 Å². The molecule has 1 aliphatic heterocycles. The molecule has 3 rings (SSSR count). The fourth-order valence-corrected chi connectivity index (χ4v) is 2.09. The maximum absolute atomic E-state index is 12.1. The zero-order chi connectivity index (χ0) is 14.7. The molecule has 0 atom stereocenters. The first-order valence-electron chi connectivity index (χ1n) is 6.85. The Morgan fingerprint density at radius 2 is 1.76 bits per heavy atom. The molecule has 21 heavy (non-hydrogen) atoms. The van der Waals surface area contributed by atoms with Crippen LogP contribution in [0.1, 0.15) is 21.5 Å². The molecule has 0 aromatic heterocycles. The summed E-state index contributed by atoms with van der Waals surface area (Å²) in [5, 5.41) is 0. The molecule has 2 aromatic rings. The first kappa shape index (κ1) is 13.5. The van der Waals surface area contributed by atoms with E-state index in [1.807, 2.05) is 31.2 Å². The number of hydrogen-bond donors (Lipinski definition) is 0. The molecule has 0 unspecified atom stereocenters. The van der Waals surface area contributed by atoms with Crippen molar-refractivity contribution < 1.29 is 19.0 Å². The van der Waals surface area contributed by atoms with Gasteiger partial charge in [-0.05, 0) is 30.7 Å². The molecular formula is C17H16O4. The van der Waals surface area contributed by atoms with Crippen LogP contribution >= 0.6 is 0 Å². The van der Waals surface area contributed by atoms with Crippen molar-refractivity contribution in [3.8, 4) is 11.5 Å². The molecule has 0 radical (unpaired) electrons. The molecule has 108 valence electrons. The number of carbonyl (C=O) groups excluding carboxylic acids is 1. The van der Waals surface area contributed by atoms with Gasteiger partial charge in [0.2, 0.25) is 0 Å². The van der Waals surface area contributed by atoms with Crippen molar-refractivity contribution in [1.29, 1.82) is 0 Å². The molecule has 0 aliphatic carbocycles. The van der Waals surface area contributed by atoms with Gasteiger partial charge in [0.15, 0.2) is 11.5 Å². The van der Waals surface area contributed by atoms with Gasteiger partial charge in [0.25, 0.3) is 0 Å². The number of benzene rings is 2. The van der Waals surface area contributed by atoms with Crippen molar-refractivity contribution in [2.45, 2.75) is 13.5 Å². The van der Waals surface area contributed by atoms with E-state index in [0.717, 1.165) is 5.56 Å². The Hall–Kier alpha value is -2.49. The Bertz CT molecular complexity index is 646. The minimum Gasteiger partial charge on any atom is -0.486 e. The third-order valence-electron chi connectivity index (χ3n) is 3.27. The van der Waals surface area contributed by atoms with Gasteiger partial charge in [-0.25, -0.2) is 4.79 Å². The molecule has 0 bridgehead atoms. The summed E-state index contributed by atoms with van der Waals surface area (Å²) in [5.41, 5.74) is 2.61. The van der Waals surface area contributed by atoms with Crippen LogP contribution in [-0.2, 0) is 11.3 Å². The average Bonchev–Trinajstić information content (AvgIpc) is 2.53. The van der Waals surface area contributed by atoms with Crippen LogP contribution in [0.5, 0.6) is 11.5 Å². The van der Waals surface area contributed by atoms with Gasteiger partial charge in [0.05, 0.1) is 5.56 Å². The second-order valence-electron chi connectivity index (χ2n) is 4.92. The normalized spacial score (nSPS) is 12.8. The molecule has 4 heteroatoms. The fourth-order valence-electron chi connectivity index (χ4n) is 2.09. The Morgan fingerprint density at radius 1 is 1.05 bits per heavy atom. The monoisotopic (exact) mass is 284 g/mol. The number of fused-ring (bicyclic) bond motifs is 1. The Morgan fingerprint density at radius 3 is 2.52 bits per heavy atom. The summed E-state index contributed by atoms with van der Waals surface area (Å²) in [7, 11) is 0. The van der Waals surface area contributed by atoms with Crippen molar-refractivity contribution in [3.05, 3.63) is 59.2 Å². The SMILES string of the molecule is Cc1ccc(COC(=O)c2ccc3c(c2)OCCO3)cc1. The molecule has 2 aromatic carbocycles. The van der Waals surface area contributed by atoms with Crippen LogP contribution in [0.25, 0.3) is 0 Å². The van der Waals surface area contributed by atoms with Crippen LogP contribution in [0.4, 0.5) is 0 Å². The van der Waals surface area contributed by atoms with Crippen molar-refractivity contribution in [1.82, 2.24) is 0 Å². The van der Waals surface area contributed by atoms with Crippen LogP contribution < -0.4 is 9.47 Å². The molecule has 0 spiro atoms. The topological polar surface area (TPSA) is 44.8 Å². The van der Waals surface area contributed by atoms with Gasteiger partial charge in [-0.15, -0.1) is 0 Å². The molecule has 0 N–H and O–H groups in total. The summed E-state index contributed by atoms with van der Waals surface area (Å²) >= 11 is 0. The van der Waals surface area contributed by atoms with Crippen molar-refractivity contribution in [2.75, 3.05) is 13.2 Å². The molecular weight excluding hydrogens is 268 g/mol. The van der Waals surface area contributed by atoms with E-state index in [1.54, 1.807) is 18.2 Å². The lowest BCUT2D eigenvalue weighted by molar-refractivity contribution is 0.0471. The van der Waals surface area contributed by atoms with E-state index in [0.29, 0.717) is 30.3 Å². The zero-order valence-electron chi connectivity index (χ0n) is 11.8. The number of hydrogen-bond acceptors (Lipinski definition) is 4. The molecule has 4 nitrogen and oxygen atoms in total. The minimum absolute atomic E-state index is 0.257. The highest BCUT2D eigenvalue weighted by Gasteiger charge is 2.15. The van der Waals surface area contributed by atoms with Gasteiger partial charge in [-0.3, -0.25) is 0 Å². The van der Waals surface area contributed by atoms with Crippen molar-refractivity contribution in [2.24, 2.45) is 0 Å². The number of carbonyl (C=O) groups is 1. The lowest BCUT2D eigenvalue weighted by Crippen LogP contribution is -2.16. The standard InChI is InChI=1S/C17H16O4/c1-12-2-4-13(5-3-12)11-21-17(18)14-6-7-15-16(10-14)20-9-8-19-15/h2-7,10H,8-9,11H2,1H3. The molecule has 0 fully saturated rings. The van der Waals surface area contributed by atoms with Gasteiger partial charge in [-0.1, -0.05) is 29.8 Å². The van der Waals surface area contributed by atoms with Crippen LogP contribution in [0, 0.1) is 6.92 Å². The third kappa shape index (κ3) is 3.16. The summed E-state index contributed by atoms with van der Waals surface area (Å²) in [6, 6.07) is 13.0. The average molecular weight is 284 g/mol. The van der Waals surface area contributed by atoms with E-state index >= 15 is 0 Å². The number of rotatable bonds is 3. The zero-order valence-corrected chi connectivity index (χ0v) is 11.8. The van der Waals surface area contributed by atoms with Gasteiger partial charge in [-0.2, -0.15) is 0 Å². The van der Waals surface area contributed by atoms with Gasteiger partial charge >= 0.3 is 5.97 Å². The third-order valence-corrected chi connectivity index (χ3v) is 3.27. The van der Waals surface area contributed by atoms with Crippen molar-refractivity contribution >= 4 is 5.97 Å². The molecule has 0 saturated heterocycles. The summed E-state index contributed by atoms with van der Waals surface area (Å²) in [6.07, 6.45) is 0. The van der Waals surface area contributed by atoms with Crippen LogP contribution in [0.15, 0.2) is 42.5 Å². The highest BCUT2D eigenvalue weighted by molar-refractivity contribution is 5.90. The molecule has 1 aliphatic rings. The Kier molecular flexibility index (Phi) is 3.77. The largest absolute Gasteiger partial charge is 0.486 e. The van der Waals surface area contributed by atoms with Gasteiger partial charge < -0.3 is 14.2 Å². The molecule has 1 heterocycles. The van der Waals surface area contributed by atoms with Crippen molar-refractivity contribution in [3.63, 3.8) is 0 Å². The highest BCUT2D eigenvalue weighted by atomic mass is 16.6. The summed E-state index contributed by atoms with van der Waals surface area (Å²) in [4.78, 5) is 12.1. The fraction of sp³-hybridized carbons (Fsp3) is 0.235. The Balaban J connectivity index is 1.66. The molecule has 0 amide bonds. The van der Waals surface area contributed by atoms with E-state index in [1.165, 1.54) is 5.56 Å². The lowest BCUT2D eigenvalue weighted by atomic mass is 10.1. The first-order valence-corrected chi connectivity index (χ1v) is 6.85. The van der Waals surface area contributed by atoms with E-state index in [2.05, 4.69) is 0 Å². The molecule has 0 saturated carbocycles. The second-order valence-corrected chi connectivity index (χ2v) is 4.92. The summed E-state index contributed by atoms with van der Waals surface area (Å²) in [5.74, 6) is 0.884. The summed E-state index contributed by atoms with van der Waals surface area (Å²) in [6.45, 7) is 3.30. The number of esters is 1. The smallest absolute Gasteiger partial charge is 0.338 e. The summed E-state index contributed by atoms with van der Waals surface area (Å²) < 4.78 is 16.2. The van der Waals surface area contributed by atoms with Crippen LogP contribution in [-0.4, -0.2) is 19.2 Å². The predicted molar refractivity (Wildman–Crippen MR) is 77.7 cm³/mol. The Labute approximate surface area is 123 Å². The maximum Gasteiger partial charge on any atom is 0.338 e. The quantitative estimate of drug-likeness (QED) is 0.812. The van der Waals surface area contributed by atoms with E-state index < -0.39 is 0 Å².